The second kappa shape index (κ2) is 11.0. The summed E-state index contributed by atoms with van der Waals surface area (Å²) in [6.45, 7) is 1.07. The molecule has 1 atom stereocenters. The lowest BCUT2D eigenvalue weighted by Crippen LogP contribution is -2.39. The Morgan fingerprint density at radius 2 is 1.41 bits per heavy atom. The molecule has 6 heteroatoms. The first-order valence-electron chi connectivity index (χ1n) is 11.2. The molecule has 0 bridgehead atoms. The number of rotatable bonds is 10. The van der Waals surface area contributed by atoms with Crippen molar-refractivity contribution in [3.8, 4) is 11.5 Å². The van der Waals surface area contributed by atoms with E-state index in [4.69, 9.17) is 14.2 Å². The van der Waals surface area contributed by atoms with Crippen LogP contribution in [0.15, 0.2) is 96.1 Å². The minimum Gasteiger partial charge on any atom is -0.497 e. The minimum absolute atomic E-state index is 0.126. The number of aliphatic hydroxyl groups is 1. The Bertz CT molecular complexity index is 1050. The molecule has 0 aromatic heterocycles. The number of aliphatic imine (C=N–C) groups is 1. The molecule has 1 heterocycles. The van der Waals surface area contributed by atoms with Crippen LogP contribution in [0.5, 0.6) is 11.5 Å². The van der Waals surface area contributed by atoms with Gasteiger partial charge in [0.2, 0.25) is 0 Å². The van der Waals surface area contributed by atoms with Crippen molar-refractivity contribution in [2.24, 2.45) is 4.99 Å². The topological polar surface area (TPSA) is 63.5 Å². The van der Waals surface area contributed by atoms with E-state index in [0.29, 0.717) is 13.2 Å². The summed E-state index contributed by atoms with van der Waals surface area (Å²) in [5.41, 5.74) is 1.87. The Labute approximate surface area is 200 Å². The van der Waals surface area contributed by atoms with Gasteiger partial charge in [0.15, 0.2) is 0 Å². The van der Waals surface area contributed by atoms with Crippen LogP contribution >= 0.6 is 0 Å². The van der Waals surface area contributed by atoms with Gasteiger partial charge in [-0.15, -0.1) is 0 Å². The monoisotopic (exact) mass is 458 g/mol. The van der Waals surface area contributed by atoms with Gasteiger partial charge in [-0.1, -0.05) is 54.6 Å². The fraction of sp³-hybridized carbons (Fsp3) is 0.250. The van der Waals surface area contributed by atoms with Gasteiger partial charge >= 0.3 is 0 Å². The molecule has 3 aromatic carbocycles. The van der Waals surface area contributed by atoms with Crippen LogP contribution in [0.25, 0.3) is 0 Å². The smallest absolute Gasteiger partial charge is 0.143 e. The Morgan fingerprint density at radius 3 is 1.91 bits per heavy atom. The zero-order chi connectivity index (χ0) is 23.8. The van der Waals surface area contributed by atoms with Gasteiger partial charge < -0.3 is 24.2 Å². The van der Waals surface area contributed by atoms with E-state index in [1.165, 1.54) is 0 Å². The molecule has 0 unspecified atom stereocenters. The molecule has 0 radical (unpaired) electrons. The van der Waals surface area contributed by atoms with Crippen LogP contribution in [-0.2, 0) is 10.3 Å². The van der Waals surface area contributed by atoms with E-state index in [1.807, 2.05) is 96.0 Å². The van der Waals surface area contributed by atoms with Crippen molar-refractivity contribution in [1.29, 1.82) is 0 Å². The predicted octanol–water partition coefficient (Wildman–Crippen LogP) is 4.23. The maximum absolute atomic E-state index is 10.9. The first-order chi connectivity index (χ1) is 16.7. The van der Waals surface area contributed by atoms with E-state index in [9.17, 15) is 5.11 Å². The van der Waals surface area contributed by atoms with Crippen molar-refractivity contribution in [3.63, 3.8) is 0 Å². The Morgan fingerprint density at radius 1 is 0.853 bits per heavy atom. The summed E-state index contributed by atoms with van der Waals surface area (Å²) >= 11 is 0. The van der Waals surface area contributed by atoms with Crippen LogP contribution in [-0.4, -0.2) is 56.4 Å². The molecule has 1 N–H and O–H groups in total. The third-order valence-corrected chi connectivity index (χ3v) is 5.86. The normalized spacial score (nSPS) is 14.1. The second-order valence-electron chi connectivity index (χ2n) is 8.05. The van der Waals surface area contributed by atoms with E-state index in [1.54, 1.807) is 20.4 Å². The van der Waals surface area contributed by atoms with Crippen molar-refractivity contribution < 1.29 is 19.3 Å². The molecular formula is C28H30N2O4. The Balaban J connectivity index is 1.74. The lowest BCUT2D eigenvalue weighted by molar-refractivity contribution is -0.0434. The third-order valence-electron chi connectivity index (χ3n) is 5.86. The maximum atomic E-state index is 10.9. The van der Waals surface area contributed by atoms with Gasteiger partial charge in [0.05, 0.1) is 26.9 Å². The number of methoxy groups -OCH3 is 2. The number of aliphatic hydroxyl groups excluding tert-OH is 1. The zero-order valence-electron chi connectivity index (χ0n) is 19.5. The lowest BCUT2D eigenvalue weighted by atomic mass is 9.80. The number of β-amino-alcohol motifs (C(OH)–C–C–N with tert-alkyl or cyclic N) is 1. The number of nitrogens with zero attached hydrogens (tertiary/aromatic N) is 2. The number of benzene rings is 3. The largest absolute Gasteiger partial charge is 0.497 e. The fourth-order valence-electron chi connectivity index (χ4n) is 4.16. The molecule has 6 nitrogen and oxygen atoms in total. The summed E-state index contributed by atoms with van der Waals surface area (Å²) in [4.78, 5) is 6.19. The highest BCUT2D eigenvalue weighted by Gasteiger charge is 2.38. The molecule has 0 spiro atoms. The summed E-state index contributed by atoms with van der Waals surface area (Å²) in [6, 6.07) is 25.8. The van der Waals surface area contributed by atoms with Gasteiger partial charge in [-0.3, -0.25) is 4.99 Å². The van der Waals surface area contributed by atoms with Crippen LogP contribution in [0, 0.1) is 0 Å². The fourth-order valence-corrected chi connectivity index (χ4v) is 4.16. The van der Waals surface area contributed by atoms with Crippen molar-refractivity contribution in [2.75, 3.05) is 34.0 Å². The molecule has 0 saturated carbocycles. The van der Waals surface area contributed by atoms with E-state index in [0.717, 1.165) is 28.2 Å². The quantitative estimate of drug-likeness (QED) is 0.461. The molecule has 3 aromatic rings. The highest BCUT2D eigenvalue weighted by Crippen LogP contribution is 2.41. The van der Waals surface area contributed by atoms with Crippen molar-refractivity contribution >= 4 is 6.21 Å². The SMILES string of the molecule is COc1ccc(C(OC[C@@H](O)CN2C=CC=NC2)(c2ccccc2)c2ccc(OC)cc2)cc1. The predicted molar refractivity (Wildman–Crippen MR) is 133 cm³/mol. The van der Waals surface area contributed by atoms with Gasteiger partial charge in [-0.25, -0.2) is 0 Å². The van der Waals surface area contributed by atoms with E-state index >= 15 is 0 Å². The number of allylic oxidation sites excluding steroid dienone is 1. The Hall–Kier alpha value is -3.61. The molecule has 0 fully saturated rings. The molecule has 0 aliphatic carbocycles. The molecule has 1 aliphatic heterocycles. The van der Waals surface area contributed by atoms with Crippen LogP contribution in [0.3, 0.4) is 0 Å². The average Bonchev–Trinajstić information content (AvgIpc) is 2.91. The number of ether oxygens (including phenoxy) is 3. The maximum Gasteiger partial charge on any atom is 0.143 e. The van der Waals surface area contributed by atoms with E-state index in [-0.39, 0.29) is 6.61 Å². The summed E-state index contributed by atoms with van der Waals surface area (Å²) in [5, 5.41) is 10.9. The van der Waals surface area contributed by atoms with E-state index in [2.05, 4.69) is 4.99 Å². The van der Waals surface area contributed by atoms with Crippen LogP contribution < -0.4 is 9.47 Å². The average molecular weight is 459 g/mol. The van der Waals surface area contributed by atoms with Crippen molar-refractivity contribution in [1.82, 2.24) is 4.90 Å². The standard InChI is InChI=1S/C28H30N2O4/c1-32-26-13-9-23(10-14-26)28(22-7-4-3-5-8-22,24-11-15-27(33-2)16-12-24)34-20-25(31)19-30-18-6-17-29-21-30/h3-18,25,31H,19-21H2,1-2H3/t25-/m0/s1. The van der Waals surface area contributed by atoms with Crippen LogP contribution in [0.2, 0.25) is 0 Å². The van der Waals surface area contributed by atoms with Crippen molar-refractivity contribution in [2.45, 2.75) is 11.7 Å². The molecular weight excluding hydrogens is 428 g/mol. The highest BCUT2D eigenvalue weighted by atomic mass is 16.5. The summed E-state index contributed by atoms with van der Waals surface area (Å²) in [5.74, 6) is 1.52. The summed E-state index contributed by atoms with van der Waals surface area (Å²) in [7, 11) is 3.30. The molecule has 0 amide bonds. The number of hydrogen-bond acceptors (Lipinski definition) is 6. The first kappa shape index (κ1) is 23.5. The van der Waals surface area contributed by atoms with Gasteiger partial charge in [0, 0.05) is 19.0 Å². The number of hydrogen-bond donors (Lipinski definition) is 1. The lowest BCUT2D eigenvalue weighted by Gasteiger charge is -2.37. The highest BCUT2D eigenvalue weighted by molar-refractivity contribution is 5.71. The van der Waals surface area contributed by atoms with Crippen LogP contribution in [0.4, 0.5) is 0 Å². The second-order valence-corrected chi connectivity index (χ2v) is 8.05. The van der Waals surface area contributed by atoms with Gasteiger partial charge in [0.25, 0.3) is 0 Å². The zero-order valence-corrected chi connectivity index (χ0v) is 19.5. The molecule has 176 valence electrons. The van der Waals surface area contributed by atoms with Gasteiger partial charge in [-0.05, 0) is 47.0 Å². The Kier molecular flexibility index (Phi) is 7.62. The molecule has 0 saturated heterocycles. The van der Waals surface area contributed by atoms with Gasteiger partial charge in [0.1, 0.15) is 23.8 Å². The molecule has 4 rings (SSSR count). The molecule has 1 aliphatic rings. The van der Waals surface area contributed by atoms with Crippen LogP contribution in [0.1, 0.15) is 16.7 Å². The minimum atomic E-state index is -0.948. The summed E-state index contributed by atoms with van der Waals surface area (Å²) < 4.78 is 17.5. The summed E-state index contributed by atoms with van der Waals surface area (Å²) in [6.07, 6.45) is 4.83. The van der Waals surface area contributed by atoms with Gasteiger partial charge in [-0.2, -0.15) is 0 Å². The van der Waals surface area contributed by atoms with E-state index < -0.39 is 11.7 Å². The van der Waals surface area contributed by atoms with Crippen molar-refractivity contribution in [3.05, 3.63) is 108 Å². The molecule has 34 heavy (non-hydrogen) atoms. The third kappa shape index (κ3) is 5.14. The first-order valence-corrected chi connectivity index (χ1v) is 11.2.